The number of rotatable bonds is 1. The van der Waals surface area contributed by atoms with Crippen molar-refractivity contribution in [2.75, 3.05) is 0 Å². The molecule has 0 saturated carbocycles. The zero-order chi connectivity index (χ0) is 9.97. The van der Waals surface area contributed by atoms with Crippen molar-refractivity contribution in [2.24, 2.45) is 0 Å². The third-order valence-electron chi connectivity index (χ3n) is 1.69. The van der Waals surface area contributed by atoms with E-state index in [0.717, 1.165) is 5.69 Å². The molecular formula is C9H8N4S. The van der Waals surface area contributed by atoms with Gasteiger partial charge in [-0.1, -0.05) is 12.2 Å². The summed E-state index contributed by atoms with van der Waals surface area (Å²) in [5.41, 5.74) is 0.754. The van der Waals surface area contributed by atoms with E-state index in [1.54, 1.807) is 24.5 Å². The van der Waals surface area contributed by atoms with Gasteiger partial charge < -0.3 is 4.98 Å². The highest BCUT2D eigenvalue weighted by molar-refractivity contribution is 7.71. The van der Waals surface area contributed by atoms with Crippen LogP contribution in [-0.4, -0.2) is 19.9 Å². The zero-order valence-electron chi connectivity index (χ0n) is 7.56. The lowest BCUT2D eigenvalue weighted by molar-refractivity contribution is 1.03. The van der Waals surface area contributed by atoms with Crippen LogP contribution in [0.25, 0.3) is 11.5 Å². The van der Waals surface area contributed by atoms with E-state index < -0.39 is 0 Å². The van der Waals surface area contributed by atoms with E-state index in [2.05, 4.69) is 19.9 Å². The molecule has 0 aromatic carbocycles. The number of hydrogen-bond acceptors (Lipinski definition) is 4. The lowest BCUT2D eigenvalue weighted by Crippen LogP contribution is -1.94. The fraction of sp³-hybridized carbons (Fsp3) is 0.111. The molecule has 0 fully saturated rings. The van der Waals surface area contributed by atoms with Crippen molar-refractivity contribution in [1.82, 2.24) is 19.9 Å². The fourth-order valence-corrected chi connectivity index (χ4v) is 1.25. The van der Waals surface area contributed by atoms with Crippen LogP contribution in [-0.2, 0) is 0 Å². The highest BCUT2D eigenvalue weighted by Crippen LogP contribution is 2.09. The molecule has 70 valence electrons. The second-order valence-corrected chi connectivity index (χ2v) is 3.21. The van der Waals surface area contributed by atoms with Crippen LogP contribution in [0.5, 0.6) is 0 Å². The molecular weight excluding hydrogens is 196 g/mol. The van der Waals surface area contributed by atoms with Gasteiger partial charge in [0, 0.05) is 12.4 Å². The number of H-pyrrole nitrogens is 1. The lowest BCUT2D eigenvalue weighted by Gasteiger charge is -1.99. The SMILES string of the molecule is Cc1nccc(-c2nccc(=S)[nH]2)n1. The molecule has 1 N–H and O–H groups in total. The largest absolute Gasteiger partial charge is 0.329 e. The van der Waals surface area contributed by atoms with E-state index in [9.17, 15) is 0 Å². The monoisotopic (exact) mass is 204 g/mol. The first-order valence-electron chi connectivity index (χ1n) is 4.11. The number of aromatic amines is 1. The van der Waals surface area contributed by atoms with Crippen LogP contribution in [0, 0.1) is 11.6 Å². The summed E-state index contributed by atoms with van der Waals surface area (Å²) in [5, 5.41) is 0. The summed E-state index contributed by atoms with van der Waals surface area (Å²) in [5.74, 6) is 1.38. The van der Waals surface area contributed by atoms with Gasteiger partial charge in [-0.3, -0.25) is 0 Å². The average molecular weight is 204 g/mol. The summed E-state index contributed by atoms with van der Waals surface area (Å²) in [4.78, 5) is 15.3. The molecule has 0 aliphatic carbocycles. The summed E-state index contributed by atoms with van der Waals surface area (Å²) >= 11 is 4.99. The predicted octanol–water partition coefficient (Wildman–Crippen LogP) is 1.90. The third kappa shape index (κ3) is 1.82. The summed E-state index contributed by atoms with van der Waals surface area (Å²) in [6, 6.07) is 3.52. The lowest BCUT2D eigenvalue weighted by atomic mass is 10.4. The van der Waals surface area contributed by atoms with Gasteiger partial charge in [0.25, 0.3) is 0 Å². The minimum atomic E-state index is 0.645. The van der Waals surface area contributed by atoms with E-state index in [1.165, 1.54) is 0 Å². The minimum absolute atomic E-state index is 0.645. The van der Waals surface area contributed by atoms with Crippen LogP contribution in [0.1, 0.15) is 5.82 Å². The summed E-state index contributed by atoms with van der Waals surface area (Å²) < 4.78 is 0.645. The molecule has 2 aromatic rings. The van der Waals surface area contributed by atoms with Crippen molar-refractivity contribution in [3.05, 3.63) is 35.0 Å². The minimum Gasteiger partial charge on any atom is -0.329 e. The molecule has 0 aliphatic rings. The first-order chi connectivity index (χ1) is 6.75. The topological polar surface area (TPSA) is 54.5 Å². The smallest absolute Gasteiger partial charge is 0.157 e. The third-order valence-corrected chi connectivity index (χ3v) is 1.93. The van der Waals surface area contributed by atoms with Gasteiger partial charge in [0.2, 0.25) is 0 Å². The molecule has 0 aliphatic heterocycles. The molecule has 2 aromatic heterocycles. The highest BCUT2D eigenvalue weighted by Gasteiger charge is 2.00. The fourth-order valence-electron chi connectivity index (χ4n) is 1.09. The molecule has 2 heterocycles. The second-order valence-electron chi connectivity index (χ2n) is 2.77. The number of aromatic nitrogens is 4. The molecule has 0 bridgehead atoms. The van der Waals surface area contributed by atoms with Crippen LogP contribution >= 0.6 is 12.2 Å². The van der Waals surface area contributed by atoms with Crippen molar-refractivity contribution in [3.63, 3.8) is 0 Å². The maximum Gasteiger partial charge on any atom is 0.157 e. The molecule has 0 saturated heterocycles. The first-order valence-corrected chi connectivity index (χ1v) is 4.52. The molecule has 0 unspecified atom stereocenters. The highest BCUT2D eigenvalue weighted by atomic mass is 32.1. The predicted molar refractivity (Wildman–Crippen MR) is 55.2 cm³/mol. The molecule has 5 heteroatoms. The Hall–Kier alpha value is -1.62. The average Bonchev–Trinajstić information content (AvgIpc) is 2.18. The maximum atomic E-state index is 4.99. The van der Waals surface area contributed by atoms with Crippen LogP contribution in [0.3, 0.4) is 0 Å². The van der Waals surface area contributed by atoms with Gasteiger partial charge in [0.05, 0.1) is 0 Å². The van der Waals surface area contributed by atoms with E-state index >= 15 is 0 Å². The number of aryl methyl sites for hydroxylation is 1. The second kappa shape index (κ2) is 3.63. The molecule has 4 nitrogen and oxygen atoms in total. The molecule has 0 spiro atoms. The number of hydrogen-bond donors (Lipinski definition) is 1. The Morgan fingerprint density at radius 3 is 2.71 bits per heavy atom. The van der Waals surface area contributed by atoms with E-state index in [1.807, 2.05) is 6.92 Å². The van der Waals surface area contributed by atoms with Crippen molar-refractivity contribution < 1.29 is 0 Å². The molecule has 0 atom stereocenters. The van der Waals surface area contributed by atoms with Gasteiger partial charge in [0.1, 0.15) is 16.2 Å². The molecule has 14 heavy (non-hydrogen) atoms. The van der Waals surface area contributed by atoms with E-state index in [-0.39, 0.29) is 0 Å². The Labute approximate surface area is 86.1 Å². The van der Waals surface area contributed by atoms with Gasteiger partial charge in [-0.25, -0.2) is 15.0 Å². The first kappa shape index (κ1) is 8.96. The Bertz CT molecular complexity index is 506. The Morgan fingerprint density at radius 2 is 2.00 bits per heavy atom. The quantitative estimate of drug-likeness (QED) is 0.721. The van der Waals surface area contributed by atoms with Crippen molar-refractivity contribution in [3.8, 4) is 11.5 Å². The normalized spacial score (nSPS) is 10.1. The summed E-state index contributed by atoms with van der Waals surface area (Å²) in [6.45, 7) is 1.83. The molecule has 0 amide bonds. The number of nitrogens with zero attached hydrogens (tertiary/aromatic N) is 3. The standard InChI is InChI=1S/C9H8N4S/c1-6-10-4-2-7(12-6)9-11-5-3-8(14)13-9/h2-5H,1H3,(H,11,13,14). The van der Waals surface area contributed by atoms with Crippen molar-refractivity contribution >= 4 is 12.2 Å². The summed E-state index contributed by atoms with van der Waals surface area (Å²) in [6.07, 6.45) is 3.36. The maximum absolute atomic E-state index is 4.99. The van der Waals surface area contributed by atoms with E-state index in [4.69, 9.17) is 12.2 Å². The van der Waals surface area contributed by atoms with Gasteiger partial charge in [-0.05, 0) is 19.1 Å². The summed E-state index contributed by atoms with van der Waals surface area (Å²) in [7, 11) is 0. The van der Waals surface area contributed by atoms with Crippen LogP contribution in [0.15, 0.2) is 24.5 Å². The van der Waals surface area contributed by atoms with Gasteiger partial charge in [0.15, 0.2) is 5.82 Å². The van der Waals surface area contributed by atoms with Gasteiger partial charge in [-0.2, -0.15) is 0 Å². The Morgan fingerprint density at radius 1 is 1.21 bits per heavy atom. The molecule has 2 rings (SSSR count). The van der Waals surface area contributed by atoms with Crippen molar-refractivity contribution in [2.45, 2.75) is 6.92 Å². The Balaban J connectivity index is 2.55. The Kier molecular flexibility index (Phi) is 2.32. The van der Waals surface area contributed by atoms with Crippen LogP contribution in [0.4, 0.5) is 0 Å². The molecule has 0 radical (unpaired) electrons. The van der Waals surface area contributed by atoms with E-state index in [0.29, 0.717) is 16.3 Å². The van der Waals surface area contributed by atoms with Gasteiger partial charge in [-0.15, -0.1) is 0 Å². The van der Waals surface area contributed by atoms with Crippen LogP contribution < -0.4 is 0 Å². The van der Waals surface area contributed by atoms with Gasteiger partial charge >= 0.3 is 0 Å². The van der Waals surface area contributed by atoms with Crippen molar-refractivity contribution in [1.29, 1.82) is 0 Å². The number of nitrogens with one attached hydrogen (secondary N) is 1. The zero-order valence-corrected chi connectivity index (χ0v) is 8.38. The van der Waals surface area contributed by atoms with Crippen LogP contribution in [0.2, 0.25) is 0 Å².